The number of carboxylic acid groups (broad SMARTS) is 1. The molecule has 0 aliphatic heterocycles. The van der Waals surface area contributed by atoms with Crippen molar-refractivity contribution in [2.75, 3.05) is 0 Å². The Hall–Kier alpha value is -3.92. The predicted molar refractivity (Wildman–Crippen MR) is 132 cm³/mol. The maximum atomic E-state index is 10.1. The Kier molecular flexibility index (Phi) is 7.07. The van der Waals surface area contributed by atoms with Crippen LogP contribution in [-0.4, -0.2) is 21.0 Å². The van der Waals surface area contributed by atoms with Crippen molar-refractivity contribution in [2.45, 2.75) is 0 Å². The van der Waals surface area contributed by atoms with Crippen LogP contribution in [0.5, 0.6) is 0 Å². The standard InChI is InChI=1S/C23H14N.C6H5NO2.Ir/c1-4-10-19-16(6-1)8-5-11-21(19)23-22-13-12-17-7-2-3-9-18(17)20(22)14-15-24-23;8-6(9)5-3-1-2-4-7-5;/h1-10,12-15H;1-4H,(H,8,9);/q-1;;. The number of benzene rings is 4. The van der Waals surface area contributed by atoms with Crippen molar-refractivity contribution in [3.8, 4) is 11.3 Å². The second-order valence-corrected chi connectivity index (χ2v) is 7.50. The van der Waals surface area contributed by atoms with Gasteiger partial charge in [0.25, 0.3) is 0 Å². The van der Waals surface area contributed by atoms with Gasteiger partial charge >= 0.3 is 5.97 Å². The molecule has 0 saturated carbocycles. The molecule has 167 valence electrons. The van der Waals surface area contributed by atoms with Gasteiger partial charge in [0.2, 0.25) is 0 Å². The van der Waals surface area contributed by atoms with Crippen LogP contribution >= 0.6 is 0 Å². The van der Waals surface area contributed by atoms with E-state index in [0.717, 1.165) is 11.3 Å². The summed E-state index contributed by atoms with van der Waals surface area (Å²) in [7, 11) is 0. The molecule has 0 fully saturated rings. The number of nitrogens with zero attached hydrogens (tertiary/aromatic N) is 2. The monoisotopic (exact) mass is 620 g/mol. The SMILES string of the molecule is O=C(O)c1ccccn1.[Ir].[c-]1ccc2ccccc2c1-c1nccc2c1ccc1ccccc12. The summed E-state index contributed by atoms with van der Waals surface area (Å²) in [6.45, 7) is 0. The summed E-state index contributed by atoms with van der Waals surface area (Å²) >= 11 is 0. The van der Waals surface area contributed by atoms with Crippen molar-refractivity contribution in [2.24, 2.45) is 0 Å². The summed E-state index contributed by atoms with van der Waals surface area (Å²) in [5.74, 6) is -0.990. The van der Waals surface area contributed by atoms with Gasteiger partial charge in [-0.1, -0.05) is 72.1 Å². The van der Waals surface area contributed by atoms with Crippen LogP contribution in [0.3, 0.4) is 0 Å². The first kappa shape index (κ1) is 23.2. The molecular weight excluding hydrogens is 601 g/mol. The molecule has 0 aliphatic carbocycles. The van der Waals surface area contributed by atoms with Crippen LogP contribution < -0.4 is 0 Å². The van der Waals surface area contributed by atoms with E-state index in [9.17, 15) is 4.79 Å². The van der Waals surface area contributed by atoms with E-state index >= 15 is 0 Å². The first-order valence-electron chi connectivity index (χ1n) is 10.5. The summed E-state index contributed by atoms with van der Waals surface area (Å²) in [6.07, 6.45) is 3.35. The molecule has 0 spiro atoms. The van der Waals surface area contributed by atoms with Gasteiger partial charge in [-0.2, -0.15) is 0 Å². The molecule has 0 amide bonds. The van der Waals surface area contributed by atoms with Gasteiger partial charge < -0.3 is 10.1 Å². The van der Waals surface area contributed by atoms with E-state index in [-0.39, 0.29) is 25.8 Å². The van der Waals surface area contributed by atoms with Crippen molar-refractivity contribution in [3.63, 3.8) is 0 Å². The summed E-state index contributed by atoms with van der Waals surface area (Å²) in [6, 6.07) is 35.6. The van der Waals surface area contributed by atoms with Gasteiger partial charge in [0.05, 0.1) is 0 Å². The van der Waals surface area contributed by atoms with Gasteiger partial charge in [-0.05, 0) is 45.4 Å². The first-order chi connectivity index (χ1) is 16.2. The van der Waals surface area contributed by atoms with Crippen LogP contribution in [0.2, 0.25) is 0 Å². The Balaban J connectivity index is 0.000000234. The minimum Gasteiger partial charge on any atom is -0.477 e. The summed E-state index contributed by atoms with van der Waals surface area (Å²) in [5, 5.41) is 15.6. The van der Waals surface area contributed by atoms with E-state index in [2.05, 4.69) is 83.8 Å². The minimum atomic E-state index is -0.990. The van der Waals surface area contributed by atoms with Gasteiger partial charge in [-0.15, -0.1) is 29.1 Å². The van der Waals surface area contributed by atoms with Crippen molar-refractivity contribution in [1.29, 1.82) is 0 Å². The smallest absolute Gasteiger partial charge is 0.354 e. The fourth-order valence-electron chi connectivity index (χ4n) is 3.98. The van der Waals surface area contributed by atoms with Crippen LogP contribution in [0.4, 0.5) is 0 Å². The first-order valence-corrected chi connectivity index (χ1v) is 10.5. The number of carboxylic acids is 1. The molecule has 1 N–H and O–H groups in total. The Morgan fingerprint density at radius 3 is 2.06 bits per heavy atom. The van der Waals surface area contributed by atoms with Crippen LogP contribution in [0.15, 0.2) is 109 Å². The van der Waals surface area contributed by atoms with Gasteiger partial charge in [0.15, 0.2) is 0 Å². The largest absolute Gasteiger partial charge is 0.477 e. The van der Waals surface area contributed by atoms with Gasteiger partial charge in [0.1, 0.15) is 5.69 Å². The summed E-state index contributed by atoms with van der Waals surface area (Å²) < 4.78 is 0. The van der Waals surface area contributed by atoms with E-state index in [1.54, 1.807) is 12.1 Å². The Morgan fingerprint density at radius 2 is 1.35 bits per heavy atom. The quantitative estimate of drug-likeness (QED) is 0.171. The average molecular weight is 620 g/mol. The third-order valence-electron chi connectivity index (χ3n) is 5.51. The molecule has 0 unspecified atom stereocenters. The van der Waals surface area contributed by atoms with Crippen molar-refractivity contribution in [1.82, 2.24) is 9.97 Å². The number of aromatic nitrogens is 2. The van der Waals surface area contributed by atoms with Crippen LogP contribution in [-0.2, 0) is 20.1 Å². The predicted octanol–water partition coefficient (Wildman–Crippen LogP) is 6.79. The Morgan fingerprint density at radius 1 is 0.647 bits per heavy atom. The molecule has 0 saturated heterocycles. The van der Waals surface area contributed by atoms with Crippen molar-refractivity contribution >= 4 is 38.3 Å². The molecule has 2 heterocycles. The molecule has 0 atom stereocenters. The fourth-order valence-corrected chi connectivity index (χ4v) is 3.98. The second kappa shape index (κ2) is 10.3. The number of hydrogen-bond acceptors (Lipinski definition) is 3. The maximum Gasteiger partial charge on any atom is 0.354 e. The van der Waals surface area contributed by atoms with Gasteiger partial charge in [0, 0.05) is 32.5 Å². The molecule has 1 radical (unpaired) electrons. The number of aromatic carboxylic acids is 1. The molecule has 34 heavy (non-hydrogen) atoms. The van der Waals surface area contributed by atoms with E-state index in [4.69, 9.17) is 10.1 Å². The van der Waals surface area contributed by atoms with E-state index in [1.165, 1.54) is 44.6 Å². The average Bonchev–Trinajstić information content (AvgIpc) is 2.89. The molecule has 4 nitrogen and oxygen atoms in total. The fraction of sp³-hybridized carbons (Fsp3) is 0. The van der Waals surface area contributed by atoms with Crippen molar-refractivity contribution < 1.29 is 30.0 Å². The number of fused-ring (bicyclic) bond motifs is 4. The van der Waals surface area contributed by atoms with E-state index in [0.29, 0.717) is 0 Å². The minimum absolute atomic E-state index is 0. The number of carbonyl (C=O) groups is 1. The Bertz CT molecular complexity index is 1600. The third kappa shape index (κ3) is 4.58. The zero-order valence-electron chi connectivity index (χ0n) is 18.0. The maximum absolute atomic E-state index is 10.1. The van der Waals surface area contributed by atoms with Crippen LogP contribution in [0.25, 0.3) is 43.6 Å². The second-order valence-electron chi connectivity index (χ2n) is 7.50. The normalized spacial score (nSPS) is 10.4. The molecule has 5 heteroatoms. The van der Waals surface area contributed by atoms with Crippen LogP contribution in [0.1, 0.15) is 10.5 Å². The summed E-state index contributed by atoms with van der Waals surface area (Å²) in [5.41, 5.74) is 2.14. The molecular formula is C29H19IrN2O2-. The van der Waals surface area contributed by atoms with E-state index < -0.39 is 5.97 Å². The number of pyridine rings is 2. The topological polar surface area (TPSA) is 63.1 Å². The summed E-state index contributed by atoms with van der Waals surface area (Å²) in [4.78, 5) is 18.4. The third-order valence-corrected chi connectivity index (χ3v) is 5.51. The zero-order valence-corrected chi connectivity index (χ0v) is 20.4. The molecule has 2 aromatic heterocycles. The van der Waals surface area contributed by atoms with Gasteiger partial charge in [-0.3, -0.25) is 0 Å². The molecule has 6 rings (SSSR count). The number of rotatable bonds is 2. The molecule has 0 aliphatic rings. The molecule has 6 aromatic rings. The van der Waals surface area contributed by atoms with Gasteiger partial charge in [-0.25, -0.2) is 9.78 Å². The molecule has 0 bridgehead atoms. The zero-order chi connectivity index (χ0) is 22.6. The Labute approximate surface area is 210 Å². The van der Waals surface area contributed by atoms with Crippen LogP contribution in [0, 0.1) is 6.07 Å². The number of hydrogen-bond donors (Lipinski definition) is 1. The van der Waals surface area contributed by atoms with E-state index in [1.807, 2.05) is 12.3 Å². The molecule has 4 aromatic carbocycles. The van der Waals surface area contributed by atoms with Crippen molar-refractivity contribution in [3.05, 3.63) is 121 Å².